The standard InChI is InChI=1S/C25H24N6O2/c26-23-24(31-27)28-14-22(30-23)19-7-4-8-20(13-19)25(32)29-21-11-9-18(10-12-21)16-33-15-17-5-2-1-3-6-17/h1-14H,15-16,27H2,(H2,26,30)(H,28,31)(H,29,32). The summed E-state index contributed by atoms with van der Waals surface area (Å²) in [6, 6.07) is 24.7. The molecule has 0 saturated carbocycles. The second-order valence-corrected chi connectivity index (χ2v) is 7.34. The molecule has 1 heterocycles. The largest absolute Gasteiger partial charge is 0.381 e. The average Bonchev–Trinajstić information content (AvgIpc) is 2.86. The Morgan fingerprint density at radius 1 is 0.909 bits per heavy atom. The molecule has 1 aromatic heterocycles. The number of hydrazine groups is 1. The van der Waals surface area contributed by atoms with Crippen LogP contribution in [0.25, 0.3) is 11.3 Å². The highest BCUT2D eigenvalue weighted by atomic mass is 16.5. The number of rotatable bonds is 8. The molecule has 0 spiro atoms. The summed E-state index contributed by atoms with van der Waals surface area (Å²) in [7, 11) is 0. The summed E-state index contributed by atoms with van der Waals surface area (Å²) in [5.74, 6) is 5.58. The first kappa shape index (κ1) is 21.9. The van der Waals surface area contributed by atoms with Crippen molar-refractivity contribution < 1.29 is 9.53 Å². The Morgan fingerprint density at radius 2 is 1.64 bits per heavy atom. The minimum atomic E-state index is -0.230. The number of carbonyl (C=O) groups excluding carboxylic acids is 1. The Morgan fingerprint density at radius 3 is 2.33 bits per heavy atom. The van der Waals surface area contributed by atoms with Gasteiger partial charge in [-0.3, -0.25) is 4.79 Å². The number of ether oxygens (including phenoxy) is 1. The molecule has 0 bridgehead atoms. The molecule has 0 unspecified atom stereocenters. The fourth-order valence-corrected chi connectivity index (χ4v) is 3.22. The van der Waals surface area contributed by atoms with Crippen LogP contribution in [0.5, 0.6) is 0 Å². The minimum Gasteiger partial charge on any atom is -0.381 e. The van der Waals surface area contributed by atoms with Gasteiger partial charge in [-0.25, -0.2) is 15.8 Å². The van der Waals surface area contributed by atoms with Crippen LogP contribution in [0.2, 0.25) is 0 Å². The first-order chi connectivity index (χ1) is 16.1. The third kappa shape index (κ3) is 5.70. The summed E-state index contributed by atoms with van der Waals surface area (Å²) in [4.78, 5) is 21.2. The van der Waals surface area contributed by atoms with E-state index in [2.05, 4.69) is 20.7 Å². The molecule has 0 saturated heterocycles. The van der Waals surface area contributed by atoms with Crippen LogP contribution in [0.4, 0.5) is 17.3 Å². The van der Waals surface area contributed by atoms with Gasteiger partial charge >= 0.3 is 0 Å². The Hall–Kier alpha value is -4.27. The predicted molar refractivity (Wildman–Crippen MR) is 129 cm³/mol. The average molecular weight is 441 g/mol. The number of hydrogen-bond acceptors (Lipinski definition) is 7. The lowest BCUT2D eigenvalue weighted by molar-refractivity contribution is 0.102. The molecule has 0 aliphatic heterocycles. The van der Waals surface area contributed by atoms with Gasteiger partial charge in [0, 0.05) is 16.8 Å². The zero-order valence-electron chi connectivity index (χ0n) is 17.9. The zero-order chi connectivity index (χ0) is 23.0. The second-order valence-electron chi connectivity index (χ2n) is 7.34. The van der Waals surface area contributed by atoms with Crippen molar-refractivity contribution in [2.24, 2.45) is 5.84 Å². The summed E-state index contributed by atoms with van der Waals surface area (Å²) >= 11 is 0. The van der Waals surface area contributed by atoms with Gasteiger partial charge in [-0.05, 0) is 35.4 Å². The topological polar surface area (TPSA) is 128 Å². The molecule has 4 aromatic rings. The highest BCUT2D eigenvalue weighted by Gasteiger charge is 2.10. The number of carbonyl (C=O) groups is 1. The van der Waals surface area contributed by atoms with E-state index in [-0.39, 0.29) is 11.7 Å². The molecule has 166 valence electrons. The van der Waals surface area contributed by atoms with Gasteiger partial charge in [0.25, 0.3) is 5.91 Å². The maximum atomic E-state index is 12.8. The Balaban J connectivity index is 1.37. The first-order valence-electron chi connectivity index (χ1n) is 10.3. The Labute approximate surface area is 191 Å². The van der Waals surface area contributed by atoms with Gasteiger partial charge in [-0.2, -0.15) is 0 Å². The molecule has 0 atom stereocenters. The maximum absolute atomic E-state index is 12.8. The second kappa shape index (κ2) is 10.4. The Kier molecular flexibility index (Phi) is 6.89. The number of hydrogen-bond donors (Lipinski definition) is 4. The highest BCUT2D eigenvalue weighted by Crippen LogP contribution is 2.22. The summed E-state index contributed by atoms with van der Waals surface area (Å²) in [6.45, 7) is 1.05. The SMILES string of the molecule is NNc1ncc(-c2cccc(C(=O)Nc3ccc(COCc4ccccc4)cc3)c2)nc1N. The minimum absolute atomic E-state index is 0.178. The lowest BCUT2D eigenvalue weighted by Crippen LogP contribution is -2.13. The van der Waals surface area contributed by atoms with Crippen LogP contribution in [0.15, 0.2) is 85.1 Å². The Bertz CT molecular complexity index is 1230. The molecule has 6 N–H and O–H groups in total. The molecule has 1 amide bonds. The molecule has 3 aromatic carbocycles. The third-order valence-electron chi connectivity index (χ3n) is 4.95. The number of aromatic nitrogens is 2. The molecule has 4 rings (SSSR count). The van der Waals surface area contributed by atoms with Crippen molar-refractivity contribution in [2.45, 2.75) is 13.2 Å². The van der Waals surface area contributed by atoms with Gasteiger partial charge in [-0.1, -0.05) is 54.6 Å². The number of nitrogens with two attached hydrogens (primary N) is 2. The van der Waals surface area contributed by atoms with Gasteiger partial charge in [-0.15, -0.1) is 0 Å². The zero-order valence-corrected chi connectivity index (χ0v) is 17.9. The van der Waals surface area contributed by atoms with Crippen LogP contribution < -0.4 is 22.3 Å². The lowest BCUT2D eigenvalue weighted by Gasteiger charge is -2.09. The number of anilines is 3. The fourth-order valence-electron chi connectivity index (χ4n) is 3.22. The summed E-state index contributed by atoms with van der Waals surface area (Å²) in [5.41, 5.74) is 12.8. The molecular formula is C25H24N6O2. The van der Waals surface area contributed by atoms with Crippen molar-refractivity contribution >= 4 is 23.2 Å². The van der Waals surface area contributed by atoms with Crippen molar-refractivity contribution in [3.63, 3.8) is 0 Å². The number of nitrogens with zero attached hydrogens (tertiary/aromatic N) is 2. The number of amides is 1. The van der Waals surface area contributed by atoms with Crippen molar-refractivity contribution in [3.8, 4) is 11.3 Å². The van der Waals surface area contributed by atoms with E-state index in [9.17, 15) is 4.79 Å². The van der Waals surface area contributed by atoms with Crippen LogP contribution >= 0.6 is 0 Å². The van der Waals surface area contributed by atoms with E-state index < -0.39 is 0 Å². The van der Waals surface area contributed by atoms with Gasteiger partial charge < -0.3 is 21.2 Å². The fraction of sp³-hybridized carbons (Fsp3) is 0.0800. The number of benzene rings is 3. The van der Waals surface area contributed by atoms with E-state index in [1.807, 2.05) is 60.7 Å². The van der Waals surface area contributed by atoms with Crippen molar-refractivity contribution in [2.75, 3.05) is 16.5 Å². The maximum Gasteiger partial charge on any atom is 0.255 e. The molecule has 0 aliphatic carbocycles. The lowest BCUT2D eigenvalue weighted by atomic mass is 10.1. The van der Waals surface area contributed by atoms with Gasteiger partial charge in [0.05, 0.1) is 25.1 Å². The summed E-state index contributed by atoms with van der Waals surface area (Å²) in [5, 5.41) is 2.91. The summed E-state index contributed by atoms with van der Waals surface area (Å²) < 4.78 is 5.76. The molecule has 8 heteroatoms. The van der Waals surface area contributed by atoms with Crippen LogP contribution in [0.1, 0.15) is 21.5 Å². The van der Waals surface area contributed by atoms with Crippen LogP contribution in [-0.4, -0.2) is 15.9 Å². The van der Waals surface area contributed by atoms with Gasteiger partial charge in [0.1, 0.15) is 0 Å². The van der Waals surface area contributed by atoms with Crippen molar-refractivity contribution in [3.05, 3.63) is 102 Å². The van der Waals surface area contributed by atoms with Crippen molar-refractivity contribution in [1.29, 1.82) is 0 Å². The number of nitrogen functional groups attached to an aromatic ring is 2. The molecular weight excluding hydrogens is 416 g/mol. The molecule has 0 fully saturated rings. The van der Waals surface area contributed by atoms with E-state index in [0.29, 0.717) is 36.0 Å². The number of nitrogens with one attached hydrogen (secondary N) is 2. The third-order valence-corrected chi connectivity index (χ3v) is 4.95. The molecule has 0 aliphatic rings. The quantitative estimate of drug-likeness (QED) is 0.241. The van der Waals surface area contributed by atoms with E-state index in [1.165, 1.54) is 0 Å². The predicted octanol–water partition coefficient (Wildman–Crippen LogP) is 3.98. The molecule has 0 radical (unpaired) electrons. The summed E-state index contributed by atoms with van der Waals surface area (Å²) in [6.07, 6.45) is 1.54. The van der Waals surface area contributed by atoms with E-state index in [4.69, 9.17) is 16.3 Å². The van der Waals surface area contributed by atoms with Crippen LogP contribution in [-0.2, 0) is 18.0 Å². The van der Waals surface area contributed by atoms with E-state index in [0.717, 1.165) is 16.7 Å². The first-order valence-corrected chi connectivity index (χ1v) is 10.3. The van der Waals surface area contributed by atoms with Gasteiger partial charge in [0.15, 0.2) is 11.6 Å². The highest BCUT2D eigenvalue weighted by molar-refractivity contribution is 6.04. The van der Waals surface area contributed by atoms with E-state index >= 15 is 0 Å². The van der Waals surface area contributed by atoms with Crippen LogP contribution in [0, 0.1) is 0 Å². The van der Waals surface area contributed by atoms with Crippen molar-refractivity contribution in [1.82, 2.24) is 9.97 Å². The monoisotopic (exact) mass is 440 g/mol. The molecule has 33 heavy (non-hydrogen) atoms. The smallest absolute Gasteiger partial charge is 0.255 e. The van der Waals surface area contributed by atoms with Gasteiger partial charge in [0.2, 0.25) is 0 Å². The van der Waals surface area contributed by atoms with Crippen LogP contribution in [0.3, 0.4) is 0 Å². The van der Waals surface area contributed by atoms with E-state index in [1.54, 1.807) is 24.4 Å². The normalized spacial score (nSPS) is 10.6. The molecule has 8 nitrogen and oxygen atoms in total.